The second-order valence-electron chi connectivity index (χ2n) is 7.88. The second-order valence-corrected chi connectivity index (χ2v) is 9.82. The zero-order valence-electron chi connectivity index (χ0n) is 18.1. The second kappa shape index (κ2) is 9.83. The summed E-state index contributed by atoms with van der Waals surface area (Å²) in [6.45, 7) is 4.43. The Bertz CT molecular complexity index is 1180. The summed E-state index contributed by atoms with van der Waals surface area (Å²) in [5, 5.41) is 7.17. The number of aromatic nitrogens is 1. The maximum atomic E-state index is 12.7. The molecule has 0 spiro atoms. The van der Waals surface area contributed by atoms with E-state index < -0.39 is 10.0 Å². The molecule has 1 fully saturated rings. The lowest BCUT2D eigenvalue weighted by atomic mass is 10.1. The van der Waals surface area contributed by atoms with Crippen molar-refractivity contribution >= 4 is 32.5 Å². The molecule has 0 aliphatic carbocycles. The molecule has 2 aromatic carbocycles. The lowest BCUT2D eigenvalue weighted by Gasteiger charge is -2.26. The van der Waals surface area contributed by atoms with E-state index in [0.717, 1.165) is 11.9 Å². The number of nitrogens with one attached hydrogen (secondary N) is 3. The van der Waals surface area contributed by atoms with Gasteiger partial charge in [-0.25, -0.2) is 8.42 Å². The molecule has 0 radical (unpaired) electrons. The van der Waals surface area contributed by atoms with Crippen molar-refractivity contribution in [2.24, 2.45) is 0 Å². The lowest BCUT2D eigenvalue weighted by Crippen LogP contribution is -2.40. The summed E-state index contributed by atoms with van der Waals surface area (Å²) in [7, 11) is -3.54. The Morgan fingerprint density at radius 3 is 2.62 bits per heavy atom. The van der Waals surface area contributed by atoms with Gasteiger partial charge in [-0.1, -0.05) is 11.6 Å². The van der Waals surface area contributed by atoms with Crippen molar-refractivity contribution in [1.82, 2.24) is 14.6 Å². The number of aromatic amines is 1. The first-order valence-corrected chi connectivity index (χ1v) is 12.1. The van der Waals surface area contributed by atoms with E-state index in [4.69, 9.17) is 4.74 Å². The summed E-state index contributed by atoms with van der Waals surface area (Å²) in [5.41, 5.74) is 4.11. The molecule has 1 saturated heterocycles. The number of hydrogen-bond donors (Lipinski definition) is 3. The van der Waals surface area contributed by atoms with E-state index in [0.29, 0.717) is 38.5 Å². The molecule has 0 bridgehead atoms. The number of aryl methyl sites for hydroxylation is 1. The molecular formula is C23H28N4O4S. The highest BCUT2D eigenvalue weighted by molar-refractivity contribution is 7.89. The topological polar surface area (TPSA) is 104 Å². The molecule has 8 nitrogen and oxygen atoms in total. The van der Waals surface area contributed by atoms with Crippen LogP contribution in [0, 0.1) is 6.92 Å². The van der Waals surface area contributed by atoms with E-state index in [-0.39, 0.29) is 17.3 Å². The van der Waals surface area contributed by atoms with Crippen LogP contribution >= 0.6 is 0 Å². The third kappa shape index (κ3) is 5.18. The van der Waals surface area contributed by atoms with Crippen molar-refractivity contribution in [3.8, 4) is 0 Å². The van der Waals surface area contributed by atoms with Crippen LogP contribution in [0.3, 0.4) is 0 Å². The van der Waals surface area contributed by atoms with Crippen LogP contribution in [0.5, 0.6) is 0 Å². The monoisotopic (exact) mass is 456 g/mol. The molecule has 3 N–H and O–H groups in total. The van der Waals surface area contributed by atoms with Crippen LogP contribution in [0.2, 0.25) is 0 Å². The van der Waals surface area contributed by atoms with Gasteiger partial charge in [-0.3, -0.25) is 4.79 Å². The van der Waals surface area contributed by atoms with Crippen LogP contribution in [0.15, 0.2) is 53.6 Å². The number of H-pyrrole nitrogens is 1. The number of carbonyl (C=O) groups excluding carboxylic acids is 1. The molecule has 0 saturated carbocycles. The van der Waals surface area contributed by atoms with E-state index in [1.807, 2.05) is 6.20 Å². The third-order valence-corrected chi connectivity index (χ3v) is 7.44. The fourth-order valence-electron chi connectivity index (χ4n) is 3.78. The number of nitrogens with zero attached hydrogens (tertiary/aromatic N) is 1. The largest absolute Gasteiger partial charge is 0.379 e. The standard InChI is InChI=1S/C23H28N4O4S/c1-17-2-7-22-21(14-17)18(15-25-22)8-9-24-16-23(28)26-19-3-5-20(6-4-19)32(29,30)27-10-12-31-13-11-27/h2-7,14-15,24-25H,8-13,16H2,1H3,(H,26,28). The molecule has 1 amide bonds. The number of fused-ring (bicyclic) bond motifs is 1. The summed E-state index contributed by atoms with van der Waals surface area (Å²) < 4.78 is 32.0. The van der Waals surface area contributed by atoms with Crippen molar-refractivity contribution in [3.05, 3.63) is 59.8 Å². The number of ether oxygens (including phenoxy) is 1. The first kappa shape index (κ1) is 22.5. The smallest absolute Gasteiger partial charge is 0.243 e. The predicted molar refractivity (Wildman–Crippen MR) is 124 cm³/mol. The SMILES string of the molecule is Cc1ccc2[nH]cc(CCNCC(=O)Nc3ccc(S(=O)(=O)N4CCOCC4)cc3)c2c1. The van der Waals surface area contributed by atoms with E-state index >= 15 is 0 Å². The summed E-state index contributed by atoms with van der Waals surface area (Å²) in [6, 6.07) is 12.6. The Morgan fingerprint density at radius 1 is 1.12 bits per heavy atom. The quantitative estimate of drug-likeness (QED) is 0.451. The normalized spacial score (nSPS) is 15.2. The van der Waals surface area contributed by atoms with E-state index in [9.17, 15) is 13.2 Å². The number of sulfonamides is 1. The summed E-state index contributed by atoms with van der Waals surface area (Å²) in [5.74, 6) is -0.177. The summed E-state index contributed by atoms with van der Waals surface area (Å²) in [6.07, 6.45) is 2.82. The highest BCUT2D eigenvalue weighted by Gasteiger charge is 2.26. The maximum Gasteiger partial charge on any atom is 0.243 e. The first-order chi connectivity index (χ1) is 15.4. The van der Waals surface area contributed by atoms with Gasteiger partial charge in [0.25, 0.3) is 0 Å². The Balaban J connectivity index is 1.25. The number of rotatable bonds is 8. The third-order valence-electron chi connectivity index (χ3n) is 5.53. The molecule has 0 atom stereocenters. The van der Waals surface area contributed by atoms with Gasteiger partial charge in [0.15, 0.2) is 0 Å². The summed E-state index contributed by atoms with van der Waals surface area (Å²) in [4.78, 5) is 15.7. The van der Waals surface area contributed by atoms with Gasteiger partial charge in [-0.05, 0) is 61.9 Å². The number of morpholine rings is 1. The highest BCUT2D eigenvalue weighted by Crippen LogP contribution is 2.20. The lowest BCUT2D eigenvalue weighted by molar-refractivity contribution is -0.115. The molecule has 32 heavy (non-hydrogen) atoms. The van der Waals surface area contributed by atoms with Crippen LogP contribution in [0.25, 0.3) is 10.9 Å². The Hall–Kier alpha value is -2.72. The van der Waals surface area contributed by atoms with Crippen LogP contribution < -0.4 is 10.6 Å². The number of hydrogen-bond acceptors (Lipinski definition) is 5. The minimum absolute atomic E-state index is 0.176. The van der Waals surface area contributed by atoms with Crippen molar-refractivity contribution < 1.29 is 17.9 Å². The van der Waals surface area contributed by atoms with Crippen molar-refractivity contribution in [1.29, 1.82) is 0 Å². The molecule has 9 heteroatoms. The number of carbonyl (C=O) groups is 1. The highest BCUT2D eigenvalue weighted by atomic mass is 32.2. The minimum atomic E-state index is -3.54. The fraction of sp³-hybridized carbons (Fsp3) is 0.348. The van der Waals surface area contributed by atoms with E-state index in [2.05, 4.69) is 40.7 Å². The molecule has 3 aromatic rings. The van der Waals surface area contributed by atoms with E-state index in [1.165, 1.54) is 33.0 Å². The maximum absolute atomic E-state index is 12.7. The fourth-order valence-corrected chi connectivity index (χ4v) is 5.18. The molecule has 4 rings (SSSR count). The Kier molecular flexibility index (Phi) is 6.90. The minimum Gasteiger partial charge on any atom is -0.379 e. The molecule has 1 aliphatic rings. The van der Waals surface area contributed by atoms with Crippen LogP contribution in [0.4, 0.5) is 5.69 Å². The predicted octanol–water partition coefficient (Wildman–Crippen LogP) is 2.27. The van der Waals surface area contributed by atoms with Crippen molar-refractivity contribution in [2.45, 2.75) is 18.2 Å². The zero-order chi connectivity index (χ0) is 22.6. The first-order valence-electron chi connectivity index (χ1n) is 10.7. The van der Waals surface area contributed by atoms with Gasteiger partial charge >= 0.3 is 0 Å². The van der Waals surface area contributed by atoms with Gasteiger partial charge in [0.05, 0.1) is 24.7 Å². The average Bonchev–Trinajstić information content (AvgIpc) is 3.19. The molecule has 0 unspecified atom stereocenters. The average molecular weight is 457 g/mol. The van der Waals surface area contributed by atoms with Gasteiger partial charge < -0.3 is 20.4 Å². The Labute approximate surface area is 188 Å². The Morgan fingerprint density at radius 2 is 1.88 bits per heavy atom. The van der Waals surface area contributed by atoms with Gasteiger partial charge in [0, 0.05) is 35.9 Å². The molecular weight excluding hydrogens is 428 g/mol. The van der Waals surface area contributed by atoms with Gasteiger partial charge in [-0.2, -0.15) is 4.31 Å². The van der Waals surface area contributed by atoms with Crippen molar-refractivity contribution in [2.75, 3.05) is 44.7 Å². The van der Waals surface area contributed by atoms with Crippen LogP contribution in [-0.4, -0.2) is 63.0 Å². The molecule has 2 heterocycles. The zero-order valence-corrected chi connectivity index (χ0v) is 18.9. The number of amides is 1. The van der Waals surface area contributed by atoms with Gasteiger partial charge in [0.1, 0.15) is 0 Å². The molecule has 1 aromatic heterocycles. The van der Waals surface area contributed by atoms with Gasteiger partial charge in [-0.15, -0.1) is 0 Å². The van der Waals surface area contributed by atoms with Crippen LogP contribution in [-0.2, 0) is 26.0 Å². The molecule has 1 aliphatic heterocycles. The van der Waals surface area contributed by atoms with E-state index in [1.54, 1.807) is 12.1 Å². The number of benzene rings is 2. The van der Waals surface area contributed by atoms with Gasteiger partial charge in [0.2, 0.25) is 15.9 Å². The summed E-state index contributed by atoms with van der Waals surface area (Å²) >= 11 is 0. The van der Waals surface area contributed by atoms with Crippen molar-refractivity contribution in [3.63, 3.8) is 0 Å². The van der Waals surface area contributed by atoms with Crippen LogP contribution in [0.1, 0.15) is 11.1 Å². The molecule has 170 valence electrons. The number of anilines is 1.